The van der Waals surface area contributed by atoms with E-state index in [0.29, 0.717) is 0 Å². The van der Waals surface area contributed by atoms with E-state index in [2.05, 4.69) is 42.2 Å². The molecule has 4 atom stereocenters. The molecule has 3 nitrogen and oxygen atoms in total. The number of benzene rings is 1. The first-order valence-electron chi connectivity index (χ1n) is 7.74. The van der Waals surface area contributed by atoms with Gasteiger partial charge in [0.1, 0.15) is 6.23 Å². The zero-order valence-electron chi connectivity index (χ0n) is 12.6. The predicted octanol–water partition coefficient (Wildman–Crippen LogP) is 2.61. The molecule has 3 heteroatoms. The van der Waals surface area contributed by atoms with E-state index in [9.17, 15) is 0 Å². The molecule has 110 valence electrons. The molecule has 2 aliphatic rings. The molecule has 0 aromatic heterocycles. The van der Waals surface area contributed by atoms with Gasteiger partial charge in [-0.15, -0.1) is 0 Å². The molecule has 1 saturated heterocycles. The summed E-state index contributed by atoms with van der Waals surface area (Å²) in [7, 11) is 0. The fraction of sp³-hybridized carbons (Fsp3) is 0.647. The van der Waals surface area contributed by atoms with Crippen LogP contribution in [0.4, 0.5) is 0 Å². The highest BCUT2D eigenvalue weighted by Gasteiger charge is 2.47. The van der Waals surface area contributed by atoms with Gasteiger partial charge in [0.25, 0.3) is 0 Å². The highest BCUT2D eigenvalue weighted by atomic mass is 16.5. The van der Waals surface area contributed by atoms with Crippen LogP contribution in [0.2, 0.25) is 0 Å². The molecule has 0 spiro atoms. The van der Waals surface area contributed by atoms with Gasteiger partial charge in [0.15, 0.2) is 0 Å². The number of likely N-dealkylation sites (tertiary alicyclic amines) is 1. The van der Waals surface area contributed by atoms with Gasteiger partial charge in [-0.05, 0) is 44.1 Å². The fourth-order valence-corrected chi connectivity index (χ4v) is 4.21. The van der Waals surface area contributed by atoms with Crippen molar-refractivity contribution in [1.82, 2.24) is 4.90 Å². The predicted molar refractivity (Wildman–Crippen MR) is 81.1 cm³/mol. The van der Waals surface area contributed by atoms with E-state index in [-0.39, 0.29) is 11.8 Å². The average molecular weight is 274 g/mol. The van der Waals surface area contributed by atoms with E-state index in [1.54, 1.807) is 0 Å². The van der Waals surface area contributed by atoms with Crippen LogP contribution in [0.3, 0.4) is 0 Å². The van der Waals surface area contributed by atoms with Gasteiger partial charge in [-0.25, -0.2) is 0 Å². The molecule has 20 heavy (non-hydrogen) atoms. The molecule has 3 rings (SSSR count). The number of ether oxygens (including phenoxy) is 1. The number of rotatable bonds is 4. The molecule has 1 heterocycles. The first kappa shape index (κ1) is 14.1. The topological polar surface area (TPSA) is 38.5 Å². The molecule has 1 unspecified atom stereocenters. The molecule has 1 saturated carbocycles. The maximum Gasteiger partial charge on any atom is 0.103 e. The van der Waals surface area contributed by atoms with Crippen molar-refractivity contribution >= 4 is 0 Å². The normalized spacial score (nSPS) is 35.1. The molecule has 0 amide bonds. The minimum Gasteiger partial charge on any atom is -0.358 e. The molecular weight excluding hydrogens is 248 g/mol. The smallest absolute Gasteiger partial charge is 0.103 e. The summed E-state index contributed by atoms with van der Waals surface area (Å²) in [6, 6.07) is 10.8. The Bertz CT molecular complexity index is 432. The maximum atomic E-state index is 5.95. The van der Waals surface area contributed by atoms with E-state index in [0.717, 1.165) is 31.2 Å². The molecule has 2 fully saturated rings. The van der Waals surface area contributed by atoms with Gasteiger partial charge < -0.3 is 10.5 Å². The van der Waals surface area contributed by atoms with E-state index < -0.39 is 0 Å². The lowest BCUT2D eigenvalue weighted by molar-refractivity contribution is -0.0740. The zero-order valence-corrected chi connectivity index (χ0v) is 12.6. The third-order valence-corrected chi connectivity index (χ3v) is 4.76. The number of nitrogens with two attached hydrogens (primary N) is 1. The number of hydrogen-bond acceptors (Lipinski definition) is 3. The van der Waals surface area contributed by atoms with E-state index >= 15 is 0 Å². The summed E-state index contributed by atoms with van der Waals surface area (Å²) >= 11 is 0. The lowest BCUT2D eigenvalue weighted by Crippen LogP contribution is -2.36. The quantitative estimate of drug-likeness (QED) is 0.858. The van der Waals surface area contributed by atoms with Crippen molar-refractivity contribution in [2.45, 2.75) is 45.1 Å². The Morgan fingerprint density at radius 3 is 2.40 bits per heavy atom. The summed E-state index contributed by atoms with van der Waals surface area (Å²) in [6.07, 6.45) is 2.16. The van der Waals surface area contributed by atoms with Crippen molar-refractivity contribution in [1.29, 1.82) is 0 Å². The highest BCUT2D eigenvalue weighted by molar-refractivity contribution is 5.15. The van der Waals surface area contributed by atoms with Crippen LogP contribution in [0.15, 0.2) is 30.3 Å². The summed E-state index contributed by atoms with van der Waals surface area (Å²) in [6.45, 7) is 7.66. The Morgan fingerprint density at radius 2 is 1.85 bits per heavy atom. The third-order valence-electron chi connectivity index (χ3n) is 4.76. The molecule has 0 bridgehead atoms. The number of hydrogen-bond donors (Lipinski definition) is 1. The van der Waals surface area contributed by atoms with Gasteiger partial charge in [0.05, 0.1) is 5.60 Å². The van der Waals surface area contributed by atoms with Crippen molar-refractivity contribution in [2.75, 3.05) is 13.1 Å². The second-order valence-corrected chi connectivity index (χ2v) is 6.88. The van der Waals surface area contributed by atoms with Crippen molar-refractivity contribution in [3.8, 4) is 0 Å². The Morgan fingerprint density at radius 1 is 1.25 bits per heavy atom. The van der Waals surface area contributed by atoms with E-state index in [1.807, 2.05) is 6.92 Å². The third kappa shape index (κ3) is 3.05. The Labute approximate surface area is 122 Å². The number of nitrogens with zero attached hydrogens (tertiary/aromatic N) is 1. The van der Waals surface area contributed by atoms with Gasteiger partial charge in [-0.1, -0.05) is 30.3 Å². The Hall–Kier alpha value is -0.900. The van der Waals surface area contributed by atoms with Crippen LogP contribution in [0, 0.1) is 11.8 Å². The minimum atomic E-state index is -0.153. The van der Waals surface area contributed by atoms with E-state index in [1.165, 1.54) is 18.7 Å². The first-order chi connectivity index (χ1) is 9.54. The maximum absolute atomic E-state index is 5.95. The standard InChI is InChI=1S/C17H26N2O/c1-13(18)20-17(2)8-15-11-19(12-16(15)9-17)10-14-6-4-3-5-7-14/h3-7,13,15-16H,8-12,18H2,1-2H3/t13?,15-,16+,17-. The van der Waals surface area contributed by atoms with Gasteiger partial charge in [0, 0.05) is 19.6 Å². The molecular formula is C17H26N2O. The molecule has 1 aliphatic heterocycles. The van der Waals surface area contributed by atoms with Crippen LogP contribution in [0.25, 0.3) is 0 Å². The Kier molecular flexibility index (Phi) is 3.85. The Balaban J connectivity index is 1.56. The molecule has 0 radical (unpaired) electrons. The summed E-state index contributed by atoms with van der Waals surface area (Å²) in [5.41, 5.74) is 7.23. The van der Waals surface area contributed by atoms with Crippen LogP contribution < -0.4 is 5.73 Å². The van der Waals surface area contributed by atoms with Crippen molar-refractivity contribution in [2.24, 2.45) is 17.6 Å². The summed E-state index contributed by atoms with van der Waals surface area (Å²) in [4.78, 5) is 2.59. The number of fused-ring (bicyclic) bond motifs is 1. The molecule has 1 aromatic carbocycles. The second kappa shape index (κ2) is 5.47. The van der Waals surface area contributed by atoms with Crippen LogP contribution in [0.1, 0.15) is 32.3 Å². The van der Waals surface area contributed by atoms with Gasteiger partial charge >= 0.3 is 0 Å². The van der Waals surface area contributed by atoms with Crippen LogP contribution in [-0.4, -0.2) is 29.8 Å². The lowest BCUT2D eigenvalue weighted by atomic mass is 10.0. The summed E-state index contributed by atoms with van der Waals surface area (Å²) < 4.78 is 5.95. The largest absolute Gasteiger partial charge is 0.358 e. The van der Waals surface area contributed by atoms with Crippen molar-refractivity contribution in [3.63, 3.8) is 0 Å². The van der Waals surface area contributed by atoms with Gasteiger partial charge in [-0.3, -0.25) is 4.90 Å². The van der Waals surface area contributed by atoms with Crippen LogP contribution in [-0.2, 0) is 11.3 Å². The van der Waals surface area contributed by atoms with Crippen molar-refractivity contribution < 1.29 is 4.74 Å². The second-order valence-electron chi connectivity index (χ2n) is 6.88. The summed E-state index contributed by atoms with van der Waals surface area (Å²) in [5.74, 6) is 1.56. The fourth-order valence-electron chi connectivity index (χ4n) is 4.21. The van der Waals surface area contributed by atoms with Gasteiger partial charge in [-0.2, -0.15) is 0 Å². The molecule has 2 N–H and O–H groups in total. The molecule has 1 aromatic rings. The molecule has 1 aliphatic carbocycles. The first-order valence-corrected chi connectivity index (χ1v) is 7.74. The van der Waals surface area contributed by atoms with Crippen LogP contribution in [0.5, 0.6) is 0 Å². The van der Waals surface area contributed by atoms with Gasteiger partial charge in [0.2, 0.25) is 0 Å². The monoisotopic (exact) mass is 274 g/mol. The van der Waals surface area contributed by atoms with E-state index in [4.69, 9.17) is 10.5 Å². The highest BCUT2D eigenvalue weighted by Crippen LogP contribution is 2.46. The SMILES string of the molecule is CC(N)O[C@@]1(C)C[C@H]2CN(Cc3ccccc3)C[C@H]2C1. The summed E-state index contributed by atoms with van der Waals surface area (Å²) in [5, 5.41) is 0. The zero-order chi connectivity index (χ0) is 14.2. The van der Waals surface area contributed by atoms with Crippen molar-refractivity contribution in [3.05, 3.63) is 35.9 Å². The van der Waals surface area contributed by atoms with Crippen LogP contribution >= 0.6 is 0 Å². The minimum absolute atomic E-state index is 0.00232. The lowest BCUT2D eigenvalue weighted by Gasteiger charge is -2.29. The average Bonchev–Trinajstić information content (AvgIpc) is 2.83.